The molecule has 0 fully saturated rings. The van der Waals surface area contributed by atoms with E-state index in [1.54, 1.807) is 6.20 Å². The first kappa shape index (κ1) is 13.6. The molecule has 0 aliphatic heterocycles. The summed E-state index contributed by atoms with van der Waals surface area (Å²) >= 11 is 0. The van der Waals surface area contributed by atoms with E-state index < -0.39 is 0 Å². The Labute approximate surface area is 124 Å². The third kappa shape index (κ3) is 3.03. The van der Waals surface area contributed by atoms with Crippen molar-refractivity contribution in [3.8, 4) is 5.75 Å². The van der Waals surface area contributed by atoms with Crippen molar-refractivity contribution < 1.29 is 4.74 Å². The Morgan fingerprint density at radius 2 is 1.81 bits per heavy atom. The Kier molecular flexibility index (Phi) is 4.12. The Balaban J connectivity index is 1.79. The SMILES string of the molecule is CNC(COc1cccc2cccnc12)c1ccccc1. The molecule has 3 aromatic rings. The predicted octanol–water partition coefficient (Wildman–Crippen LogP) is 3.57. The molecule has 3 nitrogen and oxygen atoms in total. The molecule has 0 radical (unpaired) electrons. The van der Waals surface area contributed by atoms with Gasteiger partial charge < -0.3 is 10.1 Å². The van der Waals surface area contributed by atoms with E-state index in [2.05, 4.69) is 22.4 Å². The van der Waals surface area contributed by atoms with E-state index in [1.165, 1.54) is 5.56 Å². The maximum Gasteiger partial charge on any atom is 0.145 e. The van der Waals surface area contributed by atoms with Crippen LogP contribution >= 0.6 is 0 Å². The molecule has 0 saturated carbocycles. The van der Waals surface area contributed by atoms with Crippen LogP contribution in [0.1, 0.15) is 11.6 Å². The zero-order valence-corrected chi connectivity index (χ0v) is 12.0. The van der Waals surface area contributed by atoms with E-state index in [1.807, 2.05) is 55.6 Å². The summed E-state index contributed by atoms with van der Waals surface area (Å²) in [5.41, 5.74) is 2.12. The van der Waals surface area contributed by atoms with E-state index in [-0.39, 0.29) is 6.04 Å². The molecule has 21 heavy (non-hydrogen) atoms. The zero-order valence-electron chi connectivity index (χ0n) is 12.0. The molecule has 0 aliphatic carbocycles. The van der Waals surface area contributed by atoms with E-state index in [0.29, 0.717) is 6.61 Å². The van der Waals surface area contributed by atoms with E-state index >= 15 is 0 Å². The molecule has 1 unspecified atom stereocenters. The van der Waals surface area contributed by atoms with Crippen molar-refractivity contribution in [2.24, 2.45) is 0 Å². The van der Waals surface area contributed by atoms with Crippen molar-refractivity contribution in [1.29, 1.82) is 0 Å². The first-order chi connectivity index (χ1) is 10.4. The van der Waals surface area contributed by atoms with Gasteiger partial charge in [-0.1, -0.05) is 48.5 Å². The van der Waals surface area contributed by atoms with Crippen molar-refractivity contribution in [1.82, 2.24) is 10.3 Å². The average Bonchev–Trinajstić information content (AvgIpc) is 2.56. The number of benzene rings is 2. The highest BCUT2D eigenvalue weighted by atomic mass is 16.5. The van der Waals surface area contributed by atoms with Gasteiger partial charge in [-0.25, -0.2) is 0 Å². The number of para-hydroxylation sites is 1. The monoisotopic (exact) mass is 278 g/mol. The minimum absolute atomic E-state index is 0.158. The summed E-state index contributed by atoms with van der Waals surface area (Å²) in [4.78, 5) is 4.41. The van der Waals surface area contributed by atoms with Crippen molar-refractivity contribution >= 4 is 10.9 Å². The van der Waals surface area contributed by atoms with Gasteiger partial charge in [0.15, 0.2) is 0 Å². The Morgan fingerprint density at radius 3 is 2.62 bits per heavy atom. The fraction of sp³-hybridized carbons (Fsp3) is 0.167. The lowest BCUT2D eigenvalue weighted by atomic mass is 10.1. The Bertz CT molecular complexity index is 707. The van der Waals surface area contributed by atoms with Crippen molar-refractivity contribution in [3.05, 3.63) is 72.4 Å². The number of nitrogens with one attached hydrogen (secondary N) is 1. The number of nitrogens with zero attached hydrogens (tertiary/aromatic N) is 1. The van der Waals surface area contributed by atoms with Gasteiger partial charge in [-0.15, -0.1) is 0 Å². The zero-order chi connectivity index (χ0) is 14.5. The summed E-state index contributed by atoms with van der Waals surface area (Å²) in [6, 6.07) is 20.5. The van der Waals surface area contributed by atoms with E-state index in [9.17, 15) is 0 Å². The van der Waals surface area contributed by atoms with Crippen LogP contribution in [0.2, 0.25) is 0 Å². The third-order valence-electron chi connectivity index (χ3n) is 3.55. The van der Waals surface area contributed by atoms with Gasteiger partial charge in [0.05, 0.1) is 6.04 Å². The highest BCUT2D eigenvalue weighted by molar-refractivity contribution is 5.84. The van der Waals surface area contributed by atoms with Gasteiger partial charge in [0, 0.05) is 11.6 Å². The van der Waals surface area contributed by atoms with Crippen LogP contribution in [0.25, 0.3) is 10.9 Å². The molecular formula is C18H18N2O. The molecule has 0 spiro atoms. The van der Waals surface area contributed by atoms with Crippen molar-refractivity contribution in [2.75, 3.05) is 13.7 Å². The quantitative estimate of drug-likeness (QED) is 0.774. The molecule has 0 bridgehead atoms. The topological polar surface area (TPSA) is 34.1 Å². The maximum absolute atomic E-state index is 6.00. The van der Waals surface area contributed by atoms with Gasteiger partial charge in [-0.3, -0.25) is 4.98 Å². The van der Waals surface area contributed by atoms with Crippen LogP contribution in [-0.2, 0) is 0 Å². The second-order valence-electron chi connectivity index (χ2n) is 4.89. The van der Waals surface area contributed by atoms with Gasteiger partial charge >= 0.3 is 0 Å². The van der Waals surface area contributed by atoms with Gasteiger partial charge in [-0.05, 0) is 24.7 Å². The number of hydrogen-bond donors (Lipinski definition) is 1. The second-order valence-corrected chi connectivity index (χ2v) is 4.89. The van der Waals surface area contributed by atoms with Crippen LogP contribution < -0.4 is 10.1 Å². The molecule has 0 aliphatic rings. The smallest absolute Gasteiger partial charge is 0.145 e. The summed E-state index contributed by atoms with van der Waals surface area (Å²) < 4.78 is 6.00. The van der Waals surface area contributed by atoms with Crippen LogP contribution in [-0.4, -0.2) is 18.6 Å². The number of ether oxygens (including phenoxy) is 1. The Hall–Kier alpha value is -2.39. The van der Waals surface area contributed by atoms with Crippen LogP contribution in [0.15, 0.2) is 66.9 Å². The number of aromatic nitrogens is 1. The highest BCUT2D eigenvalue weighted by Crippen LogP contribution is 2.24. The minimum Gasteiger partial charge on any atom is -0.489 e. The van der Waals surface area contributed by atoms with Gasteiger partial charge in [0.2, 0.25) is 0 Å². The van der Waals surface area contributed by atoms with E-state index in [4.69, 9.17) is 4.74 Å². The van der Waals surface area contributed by atoms with Crippen molar-refractivity contribution in [2.45, 2.75) is 6.04 Å². The molecule has 106 valence electrons. The van der Waals surface area contributed by atoms with Gasteiger partial charge in [0.1, 0.15) is 17.9 Å². The van der Waals surface area contributed by atoms with Crippen LogP contribution in [0.5, 0.6) is 5.75 Å². The normalized spacial score (nSPS) is 12.2. The first-order valence-corrected chi connectivity index (χ1v) is 7.07. The molecule has 3 rings (SSSR count). The Morgan fingerprint density at radius 1 is 1.00 bits per heavy atom. The molecule has 1 aromatic heterocycles. The number of likely N-dealkylation sites (N-methyl/N-ethyl adjacent to an activating group) is 1. The number of rotatable bonds is 5. The molecule has 1 N–H and O–H groups in total. The lowest BCUT2D eigenvalue weighted by molar-refractivity contribution is 0.275. The molecule has 1 heterocycles. The number of pyridine rings is 1. The predicted molar refractivity (Wildman–Crippen MR) is 85.5 cm³/mol. The highest BCUT2D eigenvalue weighted by Gasteiger charge is 2.11. The largest absolute Gasteiger partial charge is 0.489 e. The lowest BCUT2D eigenvalue weighted by Crippen LogP contribution is -2.23. The summed E-state index contributed by atoms with van der Waals surface area (Å²) in [6.07, 6.45) is 1.79. The van der Waals surface area contributed by atoms with Crippen molar-refractivity contribution in [3.63, 3.8) is 0 Å². The average molecular weight is 278 g/mol. The molecule has 1 atom stereocenters. The lowest BCUT2D eigenvalue weighted by Gasteiger charge is -2.18. The summed E-state index contributed by atoms with van der Waals surface area (Å²) in [5, 5.41) is 4.38. The van der Waals surface area contributed by atoms with Crippen LogP contribution in [0.3, 0.4) is 0 Å². The summed E-state index contributed by atoms with van der Waals surface area (Å²) in [7, 11) is 1.95. The fourth-order valence-corrected chi connectivity index (χ4v) is 2.40. The molecule has 2 aromatic carbocycles. The molecule has 0 saturated heterocycles. The molecule has 0 amide bonds. The number of fused-ring (bicyclic) bond motifs is 1. The molecular weight excluding hydrogens is 260 g/mol. The second kappa shape index (κ2) is 6.37. The summed E-state index contributed by atoms with van der Waals surface area (Å²) in [5.74, 6) is 0.823. The number of hydrogen-bond acceptors (Lipinski definition) is 3. The van der Waals surface area contributed by atoms with Gasteiger partial charge in [0.25, 0.3) is 0 Å². The third-order valence-corrected chi connectivity index (χ3v) is 3.55. The minimum atomic E-state index is 0.158. The first-order valence-electron chi connectivity index (χ1n) is 7.07. The van der Waals surface area contributed by atoms with Crippen LogP contribution in [0.4, 0.5) is 0 Å². The maximum atomic E-state index is 6.00. The molecule has 3 heteroatoms. The van der Waals surface area contributed by atoms with Gasteiger partial charge in [-0.2, -0.15) is 0 Å². The summed E-state index contributed by atoms with van der Waals surface area (Å²) in [6.45, 7) is 0.566. The fourth-order valence-electron chi connectivity index (χ4n) is 2.40. The standard InChI is InChI=1S/C18H18N2O/c1-19-16(14-7-3-2-4-8-14)13-21-17-11-5-9-15-10-6-12-20-18(15)17/h2-12,16,19H,13H2,1H3. The van der Waals surface area contributed by atoms with E-state index in [0.717, 1.165) is 16.7 Å². The van der Waals surface area contributed by atoms with Crippen LogP contribution in [0, 0.1) is 0 Å².